The van der Waals surface area contributed by atoms with Crippen LogP contribution in [0.1, 0.15) is 30.9 Å². The Bertz CT molecular complexity index is 1140. The Hall–Kier alpha value is -1.56. The van der Waals surface area contributed by atoms with Crippen molar-refractivity contribution in [3.63, 3.8) is 0 Å². The quantitative estimate of drug-likeness (QED) is 0.189. The third kappa shape index (κ3) is 3.76. The summed E-state index contributed by atoms with van der Waals surface area (Å²) >= 11 is 5.88. The summed E-state index contributed by atoms with van der Waals surface area (Å²) in [7, 11) is 0. The second-order valence-electron chi connectivity index (χ2n) is 7.42. The zero-order chi connectivity index (χ0) is 20.7. The first-order chi connectivity index (χ1) is 14.6. The molecule has 0 amide bonds. The van der Waals surface area contributed by atoms with Gasteiger partial charge in [-0.05, 0) is 68.0 Å². The van der Waals surface area contributed by atoms with E-state index in [9.17, 15) is 5.26 Å². The summed E-state index contributed by atoms with van der Waals surface area (Å²) < 4.78 is 6.76. The number of aromatic nitrogens is 1. The Labute approximate surface area is 190 Å². The van der Waals surface area contributed by atoms with E-state index >= 15 is 0 Å². The van der Waals surface area contributed by atoms with Crippen molar-refractivity contribution in [3.8, 4) is 0 Å². The number of benzene rings is 2. The van der Waals surface area contributed by atoms with Crippen molar-refractivity contribution in [2.24, 2.45) is 10.2 Å². The molecule has 3 aromatic rings. The summed E-state index contributed by atoms with van der Waals surface area (Å²) in [6.07, 6.45) is 4.08. The molecule has 2 aliphatic rings. The first-order valence-corrected chi connectivity index (χ1v) is 12.1. The molecule has 0 N–H and O–H groups in total. The number of thiazole rings is 1. The highest BCUT2D eigenvalue weighted by molar-refractivity contribution is 9.10. The van der Waals surface area contributed by atoms with Gasteiger partial charge in [0.25, 0.3) is 0 Å². The second-order valence-corrected chi connectivity index (χ2v) is 10.1. The van der Waals surface area contributed by atoms with E-state index in [2.05, 4.69) is 54.1 Å². The van der Waals surface area contributed by atoms with Crippen molar-refractivity contribution >= 4 is 66.0 Å². The molecule has 0 saturated heterocycles. The summed E-state index contributed by atoms with van der Waals surface area (Å²) in [5, 5.41) is 23.7. The summed E-state index contributed by atoms with van der Waals surface area (Å²) in [5.74, 6) is 0. The van der Waals surface area contributed by atoms with Crippen molar-refractivity contribution < 1.29 is 14.6 Å². The molecular formula is C20H18BrN4O3S2-. The van der Waals surface area contributed by atoms with E-state index in [1.165, 1.54) is 22.6 Å². The van der Waals surface area contributed by atoms with E-state index in [1.807, 2.05) is 18.2 Å². The standard InChI is InChI=1S/C20H19BrN4O3S2/c1-11-4-6-14-18-12(3-2-8-25(11)18)9-16(19(14)30-28-27-26)23-24-20-22-15-7-5-13(21)10-17(15)29-20/h5,7,9-11,26H,2-4,6,8H2,1H3/p-1. The van der Waals surface area contributed by atoms with Crippen LogP contribution in [0.5, 0.6) is 0 Å². The molecule has 0 bridgehead atoms. The Morgan fingerprint density at radius 2 is 2.20 bits per heavy atom. The molecular weight excluding hydrogens is 488 g/mol. The molecule has 2 aromatic carbocycles. The van der Waals surface area contributed by atoms with Crippen molar-refractivity contribution in [3.05, 3.63) is 39.9 Å². The molecule has 0 radical (unpaired) electrons. The third-order valence-electron chi connectivity index (χ3n) is 5.61. The maximum Gasteiger partial charge on any atom is 0.231 e. The van der Waals surface area contributed by atoms with Gasteiger partial charge in [0.05, 0.1) is 27.2 Å². The number of fused-ring (bicyclic) bond motifs is 1. The van der Waals surface area contributed by atoms with Gasteiger partial charge in [0.1, 0.15) is 5.69 Å². The van der Waals surface area contributed by atoms with E-state index in [0.717, 1.165) is 69.4 Å². The van der Waals surface area contributed by atoms with Crippen LogP contribution in [-0.2, 0) is 22.2 Å². The lowest BCUT2D eigenvalue weighted by Crippen LogP contribution is -2.41. The van der Waals surface area contributed by atoms with E-state index in [1.54, 1.807) is 0 Å². The zero-order valence-electron chi connectivity index (χ0n) is 16.1. The first kappa shape index (κ1) is 20.3. The first-order valence-electron chi connectivity index (χ1n) is 9.70. The maximum atomic E-state index is 10.5. The highest BCUT2D eigenvalue weighted by Crippen LogP contribution is 2.47. The van der Waals surface area contributed by atoms with Gasteiger partial charge in [-0.1, -0.05) is 27.3 Å². The predicted octanol–water partition coefficient (Wildman–Crippen LogP) is 5.79. The molecule has 30 heavy (non-hydrogen) atoms. The fourth-order valence-corrected chi connectivity index (χ4v) is 6.20. The second kappa shape index (κ2) is 8.52. The molecule has 1 unspecified atom stereocenters. The van der Waals surface area contributed by atoms with Crippen LogP contribution in [0.25, 0.3) is 10.2 Å². The van der Waals surface area contributed by atoms with Crippen LogP contribution < -0.4 is 10.2 Å². The van der Waals surface area contributed by atoms with Crippen LogP contribution in [-0.4, -0.2) is 17.6 Å². The largest absolute Gasteiger partial charge is 0.691 e. The lowest BCUT2D eigenvalue weighted by molar-refractivity contribution is -0.777. The highest BCUT2D eigenvalue weighted by Gasteiger charge is 2.32. The zero-order valence-corrected chi connectivity index (χ0v) is 19.3. The van der Waals surface area contributed by atoms with E-state index in [4.69, 9.17) is 4.33 Å². The van der Waals surface area contributed by atoms with E-state index in [0.29, 0.717) is 16.9 Å². The Morgan fingerprint density at radius 1 is 1.30 bits per heavy atom. The topological polar surface area (TPSA) is 82.4 Å². The minimum Gasteiger partial charge on any atom is -0.691 e. The van der Waals surface area contributed by atoms with Crippen LogP contribution in [0, 0.1) is 0 Å². The fourth-order valence-electron chi connectivity index (χ4n) is 4.28. The van der Waals surface area contributed by atoms with E-state index in [-0.39, 0.29) is 0 Å². The van der Waals surface area contributed by atoms with Gasteiger partial charge >= 0.3 is 0 Å². The van der Waals surface area contributed by atoms with Gasteiger partial charge in [-0.3, -0.25) is 5.04 Å². The number of hydrogen-bond donors (Lipinski definition) is 0. The van der Waals surface area contributed by atoms with Crippen molar-refractivity contribution in [1.82, 2.24) is 4.98 Å². The molecule has 156 valence electrons. The summed E-state index contributed by atoms with van der Waals surface area (Å²) in [6, 6.07) is 8.49. The Balaban J connectivity index is 1.57. The number of azo groups is 1. The molecule has 10 heteroatoms. The van der Waals surface area contributed by atoms with Crippen LogP contribution in [0.2, 0.25) is 0 Å². The van der Waals surface area contributed by atoms with Crippen LogP contribution in [0.3, 0.4) is 0 Å². The van der Waals surface area contributed by atoms with Crippen molar-refractivity contribution in [2.45, 2.75) is 43.5 Å². The summed E-state index contributed by atoms with van der Waals surface area (Å²) in [4.78, 5) is 7.79. The van der Waals surface area contributed by atoms with Crippen LogP contribution >= 0.6 is 39.3 Å². The number of aryl methyl sites for hydroxylation is 1. The minimum atomic E-state index is 0.501. The molecule has 1 aromatic heterocycles. The number of halogens is 1. The molecule has 0 aliphatic carbocycles. The maximum absolute atomic E-state index is 10.5. The summed E-state index contributed by atoms with van der Waals surface area (Å²) in [5.41, 5.74) is 5.27. The van der Waals surface area contributed by atoms with Gasteiger partial charge in [0.15, 0.2) is 0 Å². The average Bonchev–Trinajstić information content (AvgIpc) is 3.15. The normalized spacial score (nSPS) is 18.4. The molecule has 3 heterocycles. The van der Waals surface area contributed by atoms with Crippen LogP contribution in [0.15, 0.2) is 43.9 Å². The van der Waals surface area contributed by atoms with Gasteiger partial charge in [-0.25, -0.2) is 4.98 Å². The van der Waals surface area contributed by atoms with Gasteiger partial charge in [-0.15, -0.1) is 10.2 Å². The predicted molar refractivity (Wildman–Crippen MR) is 119 cm³/mol. The smallest absolute Gasteiger partial charge is 0.231 e. The Morgan fingerprint density at radius 3 is 3.07 bits per heavy atom. The lowest BCUT2D eigenvalue weighted by Gasteiger charge is -2.42. The molecule has 2 aliphatic heterocycles. The third-order valence-corrected chi connectivity index (χ3v) is 7.75. The molecule has 7 nitrogen and oxygen atoms in total. The SMILES string of the molecule is CC1CCc2c(SOO[O-])c(N=Nc3nc4ccc(Br)cc4s3)cc3c2N1CCC3. The Kier molecular flexibility index (Phi) is 5.78. The fraction of sp³-hybridized carbons (Fsp3) is 0.350. The molecule has 0 fully saturated rings. The van der Waals surface area contributed by atoms with Gasteiger partial charge < -0.3 is 10.2 Å². The van der Waals surface area contributed by atoms with Gasteiger partial charge in [0, 0.05) is 22.7 Å². The summed E-state index contributed by atoms with van der Waals surface area (Å²) in [6.45, 7) is 3.31. The molecule has 1 atom stereocenters. The number of hydrogen-bond acceptors (Lipinski definition) is 9. The van der Waals surface area contributed by atoms with Crippen LogP contribution in [0.4, 0.5) is 16.5 Å². The number of nitrogens with zero attached hydrogens (tertiary/aromatic N) is 4. The number of anilines is 1. The molecule has 0 spiro atoms. The minimum absolute atomic E-state index is 0.501. The number of rotatable bonds is 5. The molecule has 0 saturated carbocycles. The van der Waals surface area contributed by atoms with Gasteiger partial charge in [0.2, 0.25) is 5.13 Å². The monoisotopic (exact) mass is 505 g/mol. The highest BCUT2D eigenvalue weighted by atomic mass is 79.9. The molecule has 5 rings (SSSR count). The van der Waals surface area contributed by atoms with E-state index < -0.39 is 0 Å². The average molecular weight is 506 g/mol. The van der Waals surface area contributed by atoms with Crippen molar-refractivity contribution in [2.75, 3.05) is 11.4 Å². The lowest BCUT2D eigenvalue weighted by atomic mass is 9.88. The van der Waals surface area contributed by atoms with Crippen molar-refractivity contribution in [1.29, 1.82) is 0 Å². The van der Waals surface area contributed by atoms with Gasteiger partial charge in [-0.2, -0.15) is 4.33 Å².